The van der Waals surface area contributed by atoms with E-state index in [4.69, 9.17) is 4.74 Å². The summed E-state index contributed by atoms with van der Waals surface area (Å²) in [7, 11) is -1.29. The zero-order valence-electron chi connectivity index (χ0n) is 10.8. The van der Waals surface area contributed by atoms with E-state index in [2.05, 4.69) is 44.1 Å². The first-order valence-corrected chi connectivity index (χ1v) is 26.0. The fourth-order valence-electron chi connectivity index (χ4n) is 2.51. The summed E-state index contributed by atoms with van der Waals surface area (Å²) in [4.78, 5) is 1.45. The quantitative estimate of drug-likeness (QED) is 0.548. The second-order valence-electron chi connectivity index (χ2n) is 5.50. The van der Waals surface area contributed by atoms with E-state index in [-0.39, 0.29) is 0 Å². The molecule has 0 spiro atoms. The van der Waals surface area contributed by atoms with Crippen molar-refractivity contribution in [2.45, 2.75) is 42.0 Å². The van der Waals surface area contributed by atoms with Crippen molar-refractivity contribution in [3.8, 4) is 0 Å². The Balaban J connectivity index is 2.06. The molecule has 0 N–H and O–H groups in total. The van der Waals surface area contributed by atoms with Crippen molar-refractivity contribution in [3.63, 3.8) is 0 Å². The zero-order chi connectivity index (χ0) is 12.5. The van der Waals surface area contributed by atoms with Gasteiger partial charge in [0, 0.05) is 0 Å². The number of halogens is 1. The molecular formula is C12H19BrHgOSSi. The van der Waals surface area contributed by atoms with Crippen LogP contribution in [0.5, 0.6) is 0 Å². The van der Waals surface area contributed by atoms with Crippen LogP contribution < -0.4 is 4.50 Å². The molecule has 0 radical (unpaired) electrons. The third kappa shape index (κ3) is 3.44. The van der Waals surface area contributed by atoms with Gasteiger partial charge in [-0.15, -0.1) is 0 Å². The first kappa shape index (κ1) is 14.7. The van der Waals surface area contributed by atoms with Crippen molar-refractivity contribution in [1.82, 2.24) is 0 Å². The first-order valence-electron chi connectivity index (χ1n) is 6.28. The van der Waals surface area contributed by atoms with Gasteiger partial charge in [-0.2, -0.15) is 0 Å². The average Bonchev–Trinajstić information content (AvgIpc) is 2.88. The predicted molar refractivity (Wildman–Crippen MR) is 78.0 cm³/mol. The molecule has 92 valence electrons. The summed E-state index contributed by atoms with van der Waals surface area (Å²) in [5.41, 5.74) is 0.831. The van der Waals surface area contributed by atoms with Gasteiger partial charge in [-0.25, -0.2) is 0 Å². The Kier molecular flexibility index (Phi) is 5.33. The third-order valence-electron chi connectivity index (χ3n) is 3.91. The Bertz CT molecular complexity index is 382. The molecule has 1 aliphatic rings. The van der Waals surface area contributed by atoms with Gasteiger partial charge in [-0.1, -0.05) is 0 Å². The van der Waals surface area contributed by atoms with Crippen molar-refractivity contribution in [2.24, 2.45) is 0 Å². The summed E-state index contributed by atoms with van der Waals surface area (Å²) in [5.74, 6) is 0. The van der Waals surface area contributed by atoms with E-state index in [1.165, 1.54) is 15.2 Å². The normalized spacial score (nSPS) is 24.9. The van der Waals surface area contributed by atoms with Crippen LogP contribution in [0.25, 0.3) is 0 Å². The van der Waals surface area contributed by atoms with Gasteiger partial charge in [0.2, 0.25) is 0 Å². The summed E-state index contributed by atoms with van der Waals surface area (Å²) >= 11 is 5.05. The van der Waals surface area contributed by atoms with E-state index in [1.807, 2.05) is 11.3 Å². The molecule has 0 bridgehead atoms. The van der Waals surface area contributed by atoms with Crippen LogP contribution in [-0.4, -0.2) is 20.8 Å². The molecule has 1 fully saturated rings. The first-order chi connectivity index (χ1) is 8.04. The molecule has 1 nitrogen and oxygen atoms in total. The molecule has 1 aliphatic heterocycles. The second kappa shape index (κ2) is 6.16. The molecule has 0 amide bonds. The number of rotatable bonds is 4. The SMILES string of the molecule is Cc1ccc([Si](C)(C)[C@@H]2CO[C@H]([CH2][Hg][Br])C2)s1. The van der Waals surface area contributed by atoms with Gasteiger partial charge < -0.3 is 0 Å². The van der Waals surface area contributed by atoms with E-state index in [0.717, 1.165) is 12.1 Å². The molecule has 5 heteroatoms. The second-order valence-corrected chi connectivity index (χ2v) is 22.6. The summed E-state index contributed by atoms with van der Waals surface area (Å²) in [5, 5.41) is 0. The van der Waals surface area contributed by atoms with E-state index >= 15 is 0 Å². The van der Waals surface area contributed by atoms with Gasteiger partial charge in [0.15, 0.2) is 0 Å². The van der Waals surface area contributed by atoms with E-state index in [9.17, 15) is 0 Å². The molecule has 1 aromatic heterocycles. The summed E-state index contributed by atoms with van der Waals surface area (Å²) in [6.45, 7) is 8.27. The Morgan fingerprint density at radius 1 is 1.53 bits per heavy atom. The summed E-state index contributed by atoms with van der Waals surface area (Å²) in [6, 6.07) is 4.64. The van der Waals surface area contributed by atoms with Crippen molar-refractivity contribution < 1.29 is 26.9 Å². The summed E-state index contributed by atoms with van der Waals surface area (Å²) < 4.78 is 9.02. The maximum absolute atomic E-state index is 5.99. The molecular weight excluding hydrogens is 501 g/mol. The number of ether oxygens (including phenoxy) is 1. The maximum atomic E-state index is 5.99. The van der Waals surface area contributed by atoms with Crippen LogP contribution in [0.2, 0.25) is 22.6 Å². The Morgan fingerprint density at radius 2 is 2.29 bits per heavy atom. The molecule has 0 aliphatic carbocycles. The van der Waals surface area contributed by atoms with E-state index < -0.39 is 30.2 Å². The standard InChI is InChI=1S/C12H19OSSi.BrH.Hg/c1-9-7-11(8-13-9)15(3,4)12-6-5-10(2)14-12;;/h5-6,9,11H,1,7-8H2,2-4H3;1H;/q;;+1/p-1/t9-,11+;;/m1../s1. The minimum absolute atomic E-state index is 0.592. The zero-order valence-corrected chi connectivity index (χ0v) is 19.7. The van der Waals surface area contributed by atoms with Crippen LogP contribution in [0.1, 0.15) is 11.3 Å². The number of thiophene rings is 1. The minimum atomic E-state index is -1.29. The van der Waals surface area contributed by atoms with Crippen molar-refractivity contribution in [3.05, 3.63) is 17.0 Å². The van der Waals surface area contributed by atoms with Crippen LogP contribution in [0.15, 0.2) is 12.1 Å². The topological polar surface area (TPSA) is 9.23 Å². The molecule has 0 saturated carbocycles. The summed E-state index contributed by atoms with van der Waals surface area (Å²) in [6.07, 6.45) is 1.91. The van der Waals surface area contributed by atoms with Gasteiger partial charge in [-0.3, -0.25) is 0 Å². The number of hydrogen-bond acceptors (Lipinski definition) is 2. The molecule has 2 heterocycles. The van der Waals surface area contributed by atoms with Gasteiger partial charge in [0.1, 0.15) is 0 Å². The monoisotopic (exact) mass is 520 g/mol. The van der Waals surface area contributed by atoms with Crippen LogP contribution >= 0.6 is 23.2 Å². The van der Waals surface area contributed by atoms with E-state index in [0.29, 0.717) is 6.10 Å². The van der Waals surface area contributed by atoms with Gasteiger partial charge in [-0.05, 0) is 0 Å². The fourth-order valence-corrected chi connectivity index (χ4v) is 14.4. The van der Waals surface area contributed by atoms with Crippen LogP contribution in [0.4, 0.5) is 0 Å². The van der Waals surface area contributed by atoms with Crippen LogP contribution in [-0.2, 0) is 26.9 Å². The van der Waals surface area contributed by atoms with Crippen LogP contribution in [0.3, 0.4) is 0 Å². The molecule has 0 unspecified atom stereocenters. The molecule has 2 rings (SSSR count). The Labute approximate surface area is 127 Å². The van der Waals surface area contributed by atoms with Gasteiger partial charge in [0.05, 0.1) is 0 Å². The van der Waals surface area contributed by atoms with Crippen molar-refractivity contribution in [1.29, 1.82) is 0 Å². The molecule has 2 atom stereocenters. The van der Waals surface area contributed by atoms with Crippen molar-refractivity contribution >= 4 is 35.8 Å². The fraction of sp³-hybridized carbons (Fsp3) is 0.667. The van der Waals surface area contributed by atoms with Crippen LogP contribution in [0, 0.1) is 6.92 Å². The average molecular weight is 520 g/mol. The predicted octanol–water partition coefficient (Wildman–Crippen LogP) is 3.94. The van der Waals surface area contributed by atoms with Crippen molar-refractivity contribution in [2.75, 3.05) is 6.61 Å². The molecule has 0 aromatic carbocycles. The number of hydrogen-bond donors (Lipinski definition) is 0. The van der Waals surface area contributed by atoms with Gasteiger partial charge in [0.25, 0.3) is 0 Å². The molecule has 1 saturated heterocycles. The van der Waals surface area contributed by atoms with Gasteiger partial charge >= 0.3 is 128 Å². The molecule has 1 aromatic rings. The number of aryl methyl sites for hydroxylation is 1. The Hall–Kier alpha value is 1.29. The third-order valence-corrected chi connectivity index (χ3v) is 17.9. The Morgan fingerprint density at radius 3 is 2.88 bits per heavy atom. The van der Waals surface area contributed by atoms with E-state index in [1.54, 1.807) is 4.50 Å². The molecule has 17 heavy (non-hydrogen) atoms.